The summed E-state index contributed by atoms with van der Waals surface area (Å²) in [5, 5.41) is 5.42. The van der Waals surface area contributed by atoms with Crippen LogP contribution in [0.2, 0.25) is 0 Å². The van der Waals surface area contributed by atoms with Gasteiger partial charge >= 0.3 is 0 Å². The van der Waals surface area contributed by atoms with Gasteiger partial charge in [0.1, 0.15) is 5.01 Å². The molecule has 0 fully saturated rings. The molecule has 1 aromatic heterocycles. The average Bonchev–Trinajstić information content (AvgIpc) is 2.53. The first-order valence-corrected chi connectivity index (χ1v) is 4.83. The molecule has 0 aliphatic rings. The van der Waals surface area contributed by atoms with Crippen molar-refractivity contribution in [1.29, 1.82) is 0 Å². The van der Waals surface area contributed by atoms with E-state index in [0.717, 1.165) is 5.01 Å². The van der Waals surface area contributed by atoms with E-state index in [4.69, 9.17) is 0 Å². The third kappa shape index (κ3) is 3.00. The molecule has 13 heavy (non-hydrogen) atoms. The normalized spacial score (nSPS) is 12.4. The number of alkyl halides is 2. The van der Waals surface area contributed by atoms with E-state index in [2.05, 4.69) is 10.3 Å². The van der Waals surface area contributed by atoms with E-state index in [1.165, 1.54) is 11.3 Å². The highest BCUT2D eigenvalue weighted by Crippen LogP contribution is 2.21. The van der Waals surface area contributed by atoms with E-state index in [1.54, 1.807) is 6.20 Å². The Kier molecular flexibility index (Phi) is 3.33. The van der Waals surface area contributed by atoms with Crippen LogP contribution in [-0.2, 0) is 5.54 Å². The second-order valence-corrected chi connectivity index (χ2v) is 4.13. The summed E-state index contributed by atoms with van der Waals surface area (Å²) in [6.45, 7) is 3.38. The first kappa shape index (κ1) is 10.5. The van der Waals surface area contributed by atoms with Crippen molar-refractivity contribution in [3.63, 3.8) is 0 Å². The lowest BCUT2D eigenvalue weighted by atomic mass is 10.1. The Bertz CT molecular complexity index is 247. The molecule has 5 heteroatoms. The Morgan fingerprint density at radius 2 is 2.31 bits per heavy atom. The Labute approximate surface area is 80.0 Å². The second kappa shape index (κ2) is 4.11. The minimum atomic E-state index is -2.32. The molecule has 0 aliphatic heterocycles. The molecule has 0 aromatic carbocycles. The molecule has 0 unspecified atom stereocenters. The number of nitrogens with one attached hydrogen (secondary N) is 1. The lowest BCUT2D eigenvalue weighted by Gasteiger charge is -2.23. The van der Waals surface area contributed by atoms with Crippen LogP contribution >= 0.6 is 11.3 Å². The number of hydrogen-bond acceptors (Lipinski definition) is 3. The first-order valence-electron chi connectivity index (χ1n) is 3.95. The molecule has 1 heterocycles. The average molecular weight is 206 g/mol. The zero-order valence-corrected chi connectivity index (χ0v) is 8.37. The summed E-state index contributed by atoms with van der Waals surface area (Å²) in [4.78, 5) is 4.08. The number of hydrogen-bond donors (Lipinski definition) is 1. The SMILES string of the molecule is CC(C)(NCC(F)F)c1nccs1. The van der Waals surface area contributed by atoms with Crippen LogP contribution in [0.4, 0.5) is 8.78 Å². The zero-order chi connectivity index (χ0) is 9.90. The molecule has 1 rings (SSSR count). The highest BCUT2D eigenvalue weighted by molar-refractivity contribution is 7.09. The predicted molar refractivity (Wildman–Crippen MR) is 49.1 cm³/mol. The van der Waals surface area contributed by atoms with Crippen molar-refractivity contribution < 1.29 is 8.78 Å². The Morgan fingerprint density at radius 3 is 2.77 bits per heavy atom. The highest BCUT2D eigenvalue weighted by Gasteiger charge is 2.23. The summed E-state index contributed by atoms with van der Waals surface area (Å²) < 4.78 is 23.9. The molecule has 0 spiro atoms. The highest BCUT2D eigenvalue weighted by atomic mass is 32.1. The van der Waals surface area contributed by atoms with E-state index < -0.39 is 12.0 Å². The molecule has 1 N–H and O–H groups in total. The van der Waals surface area contributed by atoms with Gasteiger partial charge in [0, 0.05) is 11.6 Å². The van der Waals surface area contributed by atoms with E-state index in [0.29, 0.717) is 0 Å². The maximum atomic E-state index is 11.9. The fourth-order valence-electron chi connectivity index (χ4n) is 0.940. The van der Waals surface area contributed by atoms with Gasteiger partial charge in [-0.3, -0.25) is 0 Å². The van der Waals surface area contributed by atoms with E-state index in [-0.39, 0.29) is 6.54 Å². The fourth-order valence-corrected chi connectivity index (χ4v) is 1.68. The van der Waals surface area contributed by atoms with Crippen molar-refractivity contribution in [3.05, 3.63) is 16.6 Å². The maximum Gasteiger partial charge on any atom is 0.250 e. The Balaban J connectivity index is 2.56. The van der Waals surface area contributed by atoms with Gasteiger partial charge in [-0.05, 0) is 13.8 Å². The molecule has 0 aliphatic carbocycles. The summed E-state index contributed by atoms with van der Waals surface area (Å²) in [6.07, 6.45) is -0.648. The molecule has 2 nitrogen and oxygen atoms in total. The summed E-state index contributed by atoms with van der Waals surface area (Å²) in [7, 11) is 0. The van der Waals surface area contributed by atoms with Gasteiger partial charge in [0.25, 0.3) is 6.43 Å². The number of nitrogens with zero attached hydrogens (tertiary/aromatic N) is 1. The lowest BCUT2D eigenvalue weighted by molar-refractivity contribution is 0.133. The van der Waals surface area contributed by atoms with Crippen molar-refractivity contribution >= 4 is 11.3 Å². The molecule has 0 radical (unpaired) electrons. The summed E-state index contributed by atoms with van der Waals surface area (Å²) >= 11 is 1.46. The summed E-state index contributed by atoms with van der Waals surface area (Å²) in [5.74, 6) is 0. The van der Waals surface area contributed by atoms with Gasteiger partial charge < -0.3 is 5.32 Å². The van der Waals surface area contributed by atoms with Gasteiger partial charge in [-0.25, -0.2) is 13.8 Å². The van der Waals surface area contributed by atoms with Gasteiger partial charge in [-0.2, -0.15) is 0 Å². The predicted octanol–water partition coefficient (Wildman–Crippen LogP) is 2.23. The zero-order valence-electron chi connectivity index (χ0n) is 7.55. The van der Waals surface area contributed by atoms with Gasteiger partial charge in [-0.1, -0.05) is 0 Å². The number of halogens is 2. The van der Waals surface area contributed by atoms with Crippen LogP contribution in [0.1, 0.15) is 18.9 Å². The molecule has 74 valence electrons. The molecule has 0 saturated carbocycles. The van der Waals surface area contributed by atoms with Crippen molar-refractivity contribution in [2.45, 2.75) is 25.8 Å². The molecule has 0 atom stereocenters. The summed E-state index contributed by atoms with van der Waals surface area (Å²) in [6, 6.07) is 0. The van der Waals surface area contributed by atoms with Gasteiger partial charge in [0.2, 0.25) is 0 Å². The molecule has 1 aromatic rings. The molecular weight excluding hydrogens is 194 g/mol. The molecule has 0 saturated heterocycles. The number of rotatable bonds is 4. The Hall–Kier alpha value is -0.550. The maximum absolute atomic E-state index is 11.9. The number of thiazole rings is 1. The number of aromatic nitrogens is 1. The van der Waals surface area contributed by atoms with Crippen molar-refractivity contribution in [3.8, 4) is 0 Å². The lowest BCUT2D eigenvalue weighted by Crippen LogP contribution is -2.39. The standard InChI is InChI=1S/C8H12F2N2S/c1-8(2,12-5-6(9)10)7-11-3-4-13-7/h3-4,6,12H,5H2,1-2H3. The monoisotopic (exact) mass is 206 g/mol. The van der Waals surface area contributed by atoms with E-state index in [9.17, 15) is 8.78 Å². The fraction of sp³-hybridized carbons (Fsp3) is 0.625. The minimum absolute atomic E-state index is 0.299. The van der Waals surface area contributed by atoms with Crippen LogP contribution in [-0.4, -0.2) is 18.0 Å². The van der Waals surface area contributed by atoms with Crippen molar-refractivity contribution in [2.24, 2.45) is 0 Å². The van der Waals surface area contributed by atoms with E-state index >= 15 is 0 Å². The smallest absolute Gasteiger partial charge is 0.250 e. The molecule has 0 amide bonds. The third-order valence-corrected chi connectivity index (χ3v) is 2.76. The van der Waals surface area contributed by atoms with Crippen LogP contribution in [0, 0.1) is 0 Å². The molecule has 0 bridgehead atoms. The van der Waals surface area contributed by atoms with Crippen molar-refractivity contribution in [1.82, 2.24) is 10.3 Å². The summed E-state index contributed by atoms with van der Waals surface area (Å²) in [5.41, 5.74) is -0.468. The van der Waals surface area contributed by atoms with Crippen LogP contribution in [0.25, 0.3) is 0 Å². The molecular formula is C8H12F2N2S. The Morgan fingerprint density at radius 1 is 1.62 bits per heavy atom. The van der Waals surface area contributed by atoms with Crippen LogP contribution in [0.3, 0.4) is 0 Å². The van der Waals surface area contributed by atoms with Gasteiger partial charge in [-0.15, -0.1) is 11.3 Å². The topological polar surface area (TPSA) is 24.9 Å². The largest absolute Gasteiger partial charge is 0.300 e. The van der Waals surface area contributed by atoms with Gasteiger partial charge in [0.15, 0.2) is 0 Å². The van der Waals surface area contributed by atoms with E-state index in [1.807, 2.05) is 19.2 Å². The third-order valence-electron chi connectivity index (χ3n) is 1.67. The van der Waals surface area contributed by atoms with Gasteiger partial charge in [0.05, 0.1) is 12.1 Å². The van der Waals surface area contributed by atoms with Crippen molar-refractivity contribution in [2.75, 3.05) is 6.54 Å². The quantitative estimate of drug-likeness (QED) is 0.817. The van der Waals surface area contributed by atoms with Crippen LogP contribution in [0.5, 0.6) is 0 Å². The minimum Gasteiger partial charge on any atom is -0.300 e. The second-order valence-electron chi connectivity index (χ2n) is 3.23. The first-order chi connectivity index (χ1) is 6.02. The van der Waals surface area contributed by atoms with Crippen LogP contribution < -0.4 is 5.32 Å². The van der Waals surface area contributed by atoms with Crippen LogP contribution in [0.15, 0.2) is 11.6 Å².